The molecule has 2 atom stereocenters. The van der Waals surface area contributed by atoms with Crippen molar-refractivity contribution in [1.29, 1.82) is 10.5 Å². The van der Waals surface area contributed by atoms with Crippen LogP contribution in [0, 0.1) is 34.0 Å². The number of hydrogen-bond acceptors (Lipinski definition) is 5. The van der Waals surface area contributed by atoms with Crippen molar-refractivity contribution >= 4 is 29.3 Å². The van der Waals surface area contributed by atoms with Gasteiger partial charge < -0.3 is 10.6 Å². The van der Waals surface area contributed by atoms with Crippen molar-refractivity contribution in [1.82, 2.24) is 5.32 Å². The number of benzene rings is 1. The van der Waals surface area contributed by atoms with Crippen LogP contribution in [0.5, 0.6) is 0 Å². The third-order valence-corrected chi connectivity index (χ3v) is 6.06. The largest absolute Gasteiger partial charge is 0.325 e. The molecule has 0 spiro atoms. The van der Waals surface area contributed by atoms with Crippen LogP contribution in [0.4, 0.5) is 5.69 Å². The highest BCUT2D eigenvalue weighted by Gasteiger charge is 2.44. The van der Waals surface area contributed by atoms with E-state index >= 15 is 0 Å². The lowest BCUT2D eigenvalue weighted by molar-refractivity contribution is -0.125. The molecule has 0 aromatic heterocycles. The summed E-state index contributed by atoms with van der Waals surface area (Å²) in [5, 5.41) is 24.7. The Morgan fingerprint density at radius 1 is 1.36 bits per heavy atom. The molecule has 2 amide bonds. The fraction of sp³-hybridized carbons (Fsp3) is 0.429. The monoisotopic (exact) mass is 396 g/mol. The van der Waals surface area contributed by atoms with Crippen LogP contribution in [0.1, 0.15) is 45.6 Å². The molecule has 28 heavy (non-hydrogen) atoms. The number of para-hydroxylation sites is 1. The number of nitrogens with zero attached hydrogens (tertiary/aromatic N) is 2. The Morgan fingerprint density at radius 2 is 2.04 bits per heavy atom. The van der Waals surface area contributed by atoms with Crippen LogP contribution >= 0.6 is 11.8 Å². The number of carbonyl (C=O) groups is 2. The molecular weight excluding hydrogens is 372 g/mol. The van der Waals surface area contributed by atoms with E-state index in [0.717, 1.165) is 29.4 Å². The molecule has 0 saturated carbocycles. The van der Waals surface area contributed by atoms with Gasteiger partial charge in [0.2, 0.25) is 11.8 Å². The van der Waals surface area contributed by atoms with Gasteiger partial charge in [-0.25, -0.2) is 0 Å². The number of hydrogen-bond donors (Lipinski definition) is 2. The third-order valence-electron chi connectivity index (χ3n) is 5.06. The van der Waals surface area contributed by atoms with Crippen LogP contribution in [-0.2, 0) is 9.59 Å². The van der Waals surface area contributed by atoms with Crippen LogP contribution in [0.2, 0.25) is 0 Å². The molecule has 1 aliphatic heterocycles. The second-order valence-electron chi connectivity index (χ2n) is 7.32. The van der Waals surface area contributed by atoms with E-state index < -0.39 is 17.2 Å². The van der Waals surface area contributed by atoms with E-state index in [9.17, 15) is 20.1 Å². The quantitative estimate of drug-likeness (QED) is 0.758. The van der Waals surface area contributed by atoms with E-state index in [2.05, 4.69) is 30.6 Å². The molecule has 1 aliphatic rings. The second-order valence-corrected chi connectivity index (χ2v) is 8.31. The number of amides is 2. The van der Waals surface area contributed by atoms with Crippen molar-refractivity contribution in [2.24, 2.45) is 11.3 Å². The number of rotatable bonds is 6. The van der Waals surface area contributed by atoms with Gasteiger partial charge in [-0.3, -0.25) is 9.59 Å². The highest BCUT2D eigenvalue weighted by Crippen LogP contribution is 2.41. The van der Waals surface area contributed by atoms with Gasteiger partial charge in [-0.15, -0.1) is 0 Å². The maximum Gasteiger partial charge on any atom is 0.243 e. The van der Waals surface area contributed by atoms with E-state index in [1.807, 2.05) is 30.3 Å². The molecule has 2 N–H and O–H groups in total. The molecule has 2 rings (SSSR count). The minimum atomic E-state index is -0.942. The molecule has 0 bridgehead atoms. The summed E-state index contributed by atoms with van der Waals surface area (Å²) in [4.78, 5) is 24.7. The smallest absolute Gasteiger partial charge is 0.243 e. The van der Waals surface area contributed by atoms with Crippen LogP contribution in [0.25, 0.3) is 0 Å². The molecule has 1 heterocycles. The van der Waals surface area contributed by atoms with Crippen LogP contribution in [0.3, 0.4) is 0 Å². The normalized spacial score (nSPS) is 19.2. The Bertz CT molecular complexity index is 892. The first-order valence-electron chi connectivity index (χ1n) is 9.13. The standard InChI is InChI=1S/C21H24N4O2S/c1-5-13(2)14-8-6-7-9-17(14)24-18(26)12-28-20-16(11-23)21(3,4)15(10-22)19(27)25-20/h6-9,13,15H,5,12H2,1-4H3,(H,24,26)(H,25,27)/t13-,15+/m0/s1. The summed E-state index contributed by atoms with van der Waals surface area (Å²) in [6.45, 7) is 7.59. The van der Waals surface area contributed by atoms with Gasteiger partial charge in [0.05, 0.1) is 28.5 Å². The molecule has 1 aromatic rings. The molecule has 146 valence electrons. The molecule has 7 heteroatoms. The zero-order valence-electron chi connectivity index (χ0n) is 16.5. The van der Waals surface area contributed by atoms with E-state index in [0.29, 0.717) is 16.5 Å². The van der Waals surface area contributed by atoms with Crippen molar-refractivity contribution in [2.45, 2.75) is 40.0 Å². The SMILES string of the molecule is CC[C@H](C)c1ccccc1NC(=O)CSC1=C(C#N)C(C)(C)[C@H](C#N)C(=O)N1. The summed E-state index contributed by atoms with van der Waals surface area (Å²) < 4.78 is 0. The summed E-state index contributed by atoms with van der Waals surface area (Å²) in [5.74, 6) is -1.25. The van der Waals surface area contributed by atoms with Crippen LogP contribution in [0.15, 0.2) is 34.9 Å². The number of allylic oxidation sites excluding steroid dienone is 1. The van der Waals surface area contributed by atoms with Crippen molar-refractivity contribution in [3.05, 3.63) is 40.4 Å². The number of carbonyl (C=O) groups excluding carboxylic acids is 2. The zero-order valence-corrected chi connectivity index (χ0v) is 17.3. The minimum absolute atomic E-state index is 0.0446. The predicted octanol–water partition coefficient (Wildman–Crippen LogP) is 3.90. The second kappa shape index (κ2) is 8.95. The van der Waals surface area contributed by atoms with Crippen molar-refractivity contribution < 1.29 is 9.59 Å². The predicted molar refractivity (Wildman–Crippen MR) is 110 cm³/mol. The number of thioether (sulfide) groups is 1. The van der Waals surface area contributed by atoms with Gasteiger partial charge in [0.15, 0.2) is 0 Å². The van der Waals surface area contributed by atoms with Crippen molar-refractivity contribution in [3.63, 3.8) is 0 Å². The Labute approximate surface area is 170 Å². The van der Waals surface area contributed by atoms with Gasteiger partial charge in [-0.05, 0) is 24.0 Å². The highest BCUT2D eigenvalue weighted by atomic mass is 32.2. The molecule has 1 aromatic carbocycles. The molecule has 6 nitrogen and oxygen atoms in total. The Hall–Kier alpha value is -2.77. The fourth-order valence-electron chi connectivity index (χ4n) is 3.12. The van der Waals surface area contributed by atoms with Crippen molar-refractivity contribution in [2.75, 3.05) is 11.1 Å². The molecule has 0 unspecified atom stereocenters. The topological polar surface area (TPSA) is 106 Å². The summed E-state index contributed by atoms with van der Waals surface area (Å²) in [5.41, 5.74) is 1.25. The Kier molecular flexibility index (Phi) is 6.88. The van der Waals surface area contributed by atoms with E-state index in [1.54, 1.807) is 13.8 Å². The highest BCUT2D eigenvalue weighted by molar-refractivity contribution is 8.03. The van der Waals surface area contributed by atoms with E-state index in [4.69, 9.17) is 0 Å². The molecule has 0 radical (unpaired) electrons. The van der Waals surface area contributed by atoms with Gasteiger partial charge in [0.25, 0.3) is 0 Å². The Morgan fingerprint density at radius 3 is 2.64 bits per heavy atom. The van der Waals surface area contributed by atoms with Gasteiger partial charge in [-0.1, -0.05) is 57.7 Å². The van der Waals surface area contributed by atoms with Gasteiger partial charge in [-0.2, -0.15) is 10.5 Å². The molecule has 0 saturated heterocycles. The first-order valence-corrected chi connectivity index (χ1v) is 10.1. The molecule has 0 fully saturated rings. The summed E-state index contributed by atoms with van der Waals surface area (Å²) in [7, 11) is 0. The lowest BCUT2D eigenvalue weighted by atomic mass is 9.72. The zero-order chi connectivity index (χ0) is 20.9. The lowest BCUT2D eigenvalue weighted by Crippen LogP contribution is -2.44. The summed E-state index contributed by atoms with van der Waals surface area (Å²) in [6.07, 6.45) is 0.960. The lowest BCUT2D eigenvalue weighted by Gasteiger charge is -2.34. The van der Waals surface area contributed by atoms with Crippen molar-refractivity contribution in [3.8, 4) is 12.1 Å². The van der Waals surface area contributed by atoms with E-state index in [1.165, 1.54) is 0 Å². The Balaban J connectivity index is 2.15. The fourth-order valence-corrected chi connectivity index (χ4v) is 4.09. The molecule has 0 aliphatic carbocycles. The summed E-state index contributed by atoms with van der Waals surface area (Å²) >= 11 is 1.10. The van der Waals surface area contributed by atoms with Crippen LogP contribution in [-0.4, -0.2) is 17.6 Å². The maximum absolute atomic E-state index is 12.5. The first-order chi connectivity index (χ1) is 13.3. The average molecular weight is 397 g/mol. The first kappa shape index (κ1) is 21.5. The summed E-state index contributed by atoms with van der Waals surface area (Å²) in [6, 6.07) is 11.7. The number of nitrogens with one attached hydrogen (secondary N) is 2. The average Bonchev–Trinajstić information content (AvgIpc) is 2.65. The molecular formula is C21H24N4O2S. The van der Waals surface area contributed by atoms with Gasteiger partial charge >= 0.3 is 0 Å². The third kappa shape index (κ3) is 4.37. The maximum atomic E-state index is 12.5. The van der Waals surface area contributed by atoms with E-state index in [-0.39, 0.29) is 11.7 Å². The van der Waals surface area contributed by atoms with Gasteiger partial charge in [0.1, 0.15) is 5.92 Å². The van der Waals surface area contributed by atoms with Gasteiger partial charge in [0, 0.05) is 11.1 Å². The minimum Gasteiger partial charge on any atom is -0.325 e. The number of anilines is 1. The van der Waals surface area contributed by atoms with Crippen LogP contribution < -0.4 is 10.6 Å². The number of nitriles is 2.